The summed E-state index contributed by atoms with van der Waals surface area (Å²) in [7, 11) is 1.69. The zero-order valence-electron chi connectivity index (χ0n) is 21.3. The van der Waals surface area contributed by atoms with Gasteiger partial charge in [0.1, 0.15) is 5.75 Å². The highest BCUT2D eigenvalue weighted by molar-refractivity contribution is 6.02. The Balaban J connectivity index is 1.75. The van der Waals surface area contributed by atoms with E-state index in [0.717, 1.165) is 49.7 Å². The van der Waals surface area contributed by atoms with Crippen molar-refractivity contribution in [3.8, 4) is 5.75 Å². The summed E-state index contributed by atoms with van der Waals surface area (Å²) in [4.78, 5) is 29.9. The molecular formula is C27H38N4O4. The lowest BCUT2D eigenvalue weighted by Gasteiger charge is -2.38. The fraction of sp³-hybridized carbons (Fsp3) is 0.481. The molecule has 35 heavy (non-hydrogen) atoms. The van der Waals surface area contributed by atoms with Crippen molar-refractivity contribution in [1.29, 1.82) is 0 Å². The number of carbonyl (C=O) groups is 2. The lowest BCUT2D eigenvalue weighted by Crippen LogP contribution is -2.47. The number of hydrogen-bond acceptors (Lipinski definition) is 6. The molecular weight excluding hydrogens is 444 g/mol. The standard InChI is InChI=1S/C27H38N4O4/c1-5-35-18-8-13-28-27(33)22-19-21(29-26(32)20(2)3)11-12-23(22)30-14-16-31(17-15-30)24-9-6-7-10-25(24)34-4/h6-7,9-12,19-20H,5,8,13-18H2,1-4H3,(H,28,33)(H,29,32). The first kappa shape index (κ1) is 26.3. The minimum Gasteiger partial charge on any atom is -0.495 e. The molecule has 8 heteroatoms. The summed E-state index contributed by atoms with van der Waals surface area (Å²) in [5.41, 5.74) is 3.14. The predicted octanol–water partition coefficient (Wildman–Crippen LogP) is 3.77. The molecule has 0 unspecified atom stereocenters. The van der Waals surface area contributed by atoms with Crippen LogP contribution < -0.4 is 25.2 Å². The number of amides is 2. The van der Waals surface area contributed by atoms with E-state index in [1.54, 1.807) is 13.2 Å². The van der Waals surface area contributed by atoms with Crippen LogP contribution in [-0.2, 0) is 9.53 Å². The quantitative estimate of drug-likeness (QED) is 0.475. The second-order valence-corrected chi connectivity index (χ2v) is 8.83. The number of nitrogens with one attached hydrogen (secondary N) is 2. The molecule has 2 aromatic carbocycles. The van der Waals surface area contributed by atoms with E-state index in [-0.39, 0.29) is 17.7 Å². The normalized spacial score (nSPS) is 13.6. The molecule has 0 aromatic heterocycles. The first-order valence-corrected chi connectivity index (χ1v) is 12.4. The molecule has 1 heterocycles. The molecule has 2 N–H and O–H groups in total. The van der Waals surface area contributed by atoms with Crippen LogP contribution in [0.15, 0.2) is 42.5 Å². The van der Waals surface area contributed by atoms with Gasteiger partial charge in [-0.1, -0.05) is 26.0 Å². The van der Waals surface area contributed by atoms with Gasteiger partial charge in [-0.2, -0.15) is 0 Å². The number of methoxy groups -OCH3 is 1. The SMILES string of the molecule is CCOCCCNC(=O)c1cc(NC(=O)C(C)C)ccc1N1CCN(c2ccccc2OC)CC1. The molecule has 0 radical (unpaired) electrons. The van der Waals surface area contributed by atoms with Crippen LogP contribution in [0.2, 0.25) is 0 Å². The second-order valence-electron chi connectivity index (χ2n) is 8.83. The van der Waals surface area contributed by atoms with Crippen LogP contribution in [-0.4, -0.2) is 64.9 Å². The van der Waals surface area contributed by atoms with Crippen molar-refractivity contribution in [3.63, 3.8) is 0 Å². The number of piperazine rings is 1. The number of para-hydroxylation sites is 2. The topological polar surface area (TPSA) is 83.1 Å². The second kappa shape index (κ2) is 13.0. The van der Waals surface area contributed by atoms with Crippen molar-refractivity contribution in [2.75, 3.05) is 68.2 Å². The third kappa shape index (κ3) is 7.11. The van der Waals surface area contributed by atoms with E-state index in [9.17, 15) is 9.59 Å². The van der Waals surface area contributed by atoms with Gasteiger partial charge in [-0.3, -0.25) is 9.59 Å². The summed E-state index contributed by atoms with van der Waals surface area (Å²) in [6, 6.07) is 13.6. The molecule has 0 aliphatic carbocycles. The molecule has 0 spiro atoms. The van der Waals surface area contributed by atoms with E-state index in [1.165, 1.54) is 0 Å². The highest BCUT2D eigenvalue weighted by atomic mass is 16.5. The lowest BCUT2D eigenvalue weighted by molar-refractivity contribution is -0.118. The highest BCUT2D eigenvalue weighted by Crippen LogP contribution is 2.31. The Morgan fingerprint density at radius 1 is 1.00 bits per heavy atom. The zero-order chi connectivity index (χ0) is 25.2. The number of nitrogens with zero attached hydrogens (tertiary/aromatic N) is 2. The molecule has 1 aliphatic rings. The summed E-state index contributed by atoms with van der Waals surface area (Å²) in [6.07, 6.45) is 0.746. The van der Waals surface area contributed by atoms with E-state index in [1.807, 2.05) is 51.1 Å². The number of carbonyl (C=O) groups excluding carboxylic acids is 2. The van der Waals surface area contributed by atoms with Gasteiger partial charge in [0.05, 0.1) is 18.4 Å². The minimum absolute atomic E-state index is 0.0776. The van der Waals surface area contributed by atoms with Crippen LogP contribution in [0.25, 0.3) is 0 Å². The van der Waals surface area contributed by atoms with Crippen LogP contribution in [0.1, 0.15) is 37.6 Å². The Hall–Kier alpha value is -3.26. The minimum atomic E-state index is -0.149. The van der Waals surface area contributed by atoms with Gasteiger partial charge in [-0.05, 0) is 43.7 Å². The zero-order valence-corrected chi connectivity index (χ0v) is 21.3. The number of benzene rings is 2. The summed E-state index contributed by atoms with van der Waals surface area (Å²) in [6.45, 7) is 10.6. The third-order valence-corrected chi connectivity index (χ3v) is 6.03. The number of anilines is 3. The molecule has 0 saturated carbocycles. The molecule has 1 saturated heterocycles. The van der Waals surface area contributed by atoms with Crippen LogP contribution >= 0.6 is 0 Å². The Labute approximate surface area is 208 Å². The Morgan fingerprint density at radius 2 is 1.69 bits per heavy atom. The molecule has 8 nitrogen and oxygen atoms in total. The molecule has 1 fully saturated rings. The fourth-order valence-electron chi connectivity index (χ4n) is 4.05. The molecule has 190 valence electrons. The molecule has 0 bridgehead atoms. The van der Waals surface area contributed by atoms with Gasteiger partial charge >= 0.3 is 0 Å². The summed E-state index contributed by atoms with van der Waals surface area (Å²) >= 11 is 0. The van der Waals surface area contributed by atoms with E-state index in [2.05, 4.69) is 26.5 Å². The maximum absolute atomic E-state index is 13.2. The summed E-state index contributed by atoms with van der Waals surface area (Å²) in [5.74, 6) is 0.488. The van der Waals surface area contributed by atoms with Gasteiger partial charge in [0.15, 0.2) is 0 Å². The van der Waals surface area contributed by atoms with Gasteiger partial charge in [-0.25, -0.2) is 0 Å². The monoisotopic (exact) mass is 482 g/mol. The lowest BCUT2D eigenvalue weighted by atomic mass is 10.1. The van der Waals surface area contributed by atoms with Gasteiger partial charge in [0, 0.05) is 63.2 Å². The number of hydrogen-bond donors (Lipinski definition) is 2. The first-order chi connectivity index (χ1) is 16.9. The number of ether oxygens (including phenoxy) is 2. The van der Waals surface area contributed by atoms with Gasteiger partial charge in [-0.15, -0.1) is 0 Å². The van der Waals surface area contributed by atoms with Gasteiger partial charge in [0.2, 0.25) is 5.91 Å². The summed E-state index contributed by atoms with van der Waals surface area (Å²) < 4.78 is 10.9. The smallest absolute Gasteiger partial charge is 0.253 e. The average Bonchev–Trinajstić information content (AvgIpc) is 2.88. The average molecular weight is 483 g/mol. The summed E-state index contributed by atoms with van der Waals surface area (Å²) in [5, 5.41) is 5.92. The van der Waals surface area contributed by atoms with Crippen LogP contribution in [0.3, 0.4) is 0 Å². The van der Waals surface area contributed by atoms with Gasteiger partial charge in [0.25, 0.3) is 5.91 Å². The maximum Gasteiger partial charge on any atom is 0.253 e. The van der Waals surface area contributed by atoms with Crippen LogP contribution in [0.4, 0.5) is 17.1 Å². The Morgan fingerprint density at radius 3 is 2.34 bits per heavy atom. The maximum atomic E-state index is 13.2. The predicted molar refractivity (Wildman–Crippen MR) is 141 cm³/mol. The first-order valence-electron chi connectivity index (χ1n) is 12.4. The molecule has 3 rings (SSSR count). The van der Waals surface area contributed by atoms with Crippen molar-refractivity contribution in [1.82, 2.24) is 5.32 Å². The number of rotatable bonds is 11. The fourth-order valence-corrected chi connectivity index (χ4v) is 4.05. The van der Waals surface area contributed by atoms with Crippen molar-refractivity contribution < 1.29 is 19.1 Å². The highest BCUT2D eigenvalue weighted by Gasteiger charge is 2.24. The van der Waals surface area contributed by atoms with E-state index in [0.29, 0.717) is 31.0 Å². The van der Waals surface area contributed by atoms with E-state index < -0.39 is 0 Å². The van der Waals surface area contributed by atoms with Crippen LogP contribution in [0.5, 0.6) is 5.75 Å². The van der Waals surface area contributed by atoms with Crippen molar-refractivity contribution in [3.05, 3.63) is 48.0 Å². The Bertz CT molecular complexity index is 987. The largest absolute Gasteiger partial charge is 0.495 e. The molecule has 2 amide bonds. The van der Waals surface area contributed by atoms with Crippen molar-refractivity contribution in [2.45, 2.75) is 27.2 Å². The third-order valence-electron chi connectivity index (χ3n) is 6.03. The van der Waals surface area contributed by atoms with E-state index >= 15 is 0 Å². The molecule has 2 aromatic rings. The Kier molecular flexibility index (Phi) is 9.78. The molecule has 0 atom stereocenters. The van der Waals surface area contributed by atoms with E-state index in [4.69, 9.17) is 9.47 Å². The van der Waals surface area contributed by atoms with Gasteiger partial charge < -0.3 is 29.9 Å². The van der Waals surface area contributed by atoms with Crippen molar-refractivity contribution in [2.24, 2.45) is 5.92 Å². The van der Waals surface area contributed by atoms with Crippen molar-refractivity contribution >= 4 is 28.9 Å². The van der Waals surface area contributed by atoms with Crippen LogP contribution in [0, 0.1) is 5.92 Å². The molecule has 1 aliphatic heterocycles.